The molecule has 0 N–H and O–H groups in total. The van der Waals surface area contributed by atoms with Crippen LogP contribution in [0.25, 0.3) is 33.4 Å². The van der Waals surface area contributed by atoms with Crippen LogP contribution in [0, 0.1) is 6.92 Å². The van der Waals surface area contributed by atoms with E-state index in [4.69, 9.17) is 9.47 Å². The van der Waals surface area contributed by atoms with Crippen LogP contribution in [-0.2, 0) is 0 Å². The smallest absolute Gasteiger partial charge is 0.260 e. The first-order valence-corrected chi connectivity index (χ1v) is 13.7. The van der Waals surface area contributed by atoms with E-state index in [9.17, 15) is 0 Å². The largest absolute Gasteiger partial charge is 0.458 e. The van der Waals surface area contributed by atoms with Gasteiger partial charge in [-0.1, -0.05) is 109 Å². The lowest BCUT2D eigenvalue weighted by atomic mass is 9.34. The molecular formula is C37H25BO2. The third-order valence-corrected chi connectivity index (χ3v) is 8.17. The van der Waals surface area contributed by atoms with E-state index in [-0.39, 0.29) is 6.71 Å². The molecule has 0 saturated carbocycles. The second kappa shape index (κ2) is 9.03. The molecule has 188 valence electrons. The average Bonchev–Trinajstić information content (AvgIpc) is 3.02. The molecule has 2 aliphatic heterocycles. The van der Waals surface area contributed by atoms with E-state index in [0.717, 1.165) is 50.5 Å². The molecule has 0 aromatic heterocycles. The summed E-state index contributed by atoms with van der Waals surface area (Å²) in [5.41, 5.74) is 11.6. The minimum atomic E-state index is -0.00467. The number of hydrogen-bond acceptors (Lipinski definition) is 2. The topological polar surface area (TPSA) is 18.5 Å². The van der Waals surface area contributed by atoms with Gasteiger partial charge in [0.1, 0.15) is 23.0 Å². The lowest BCUT2D eigenvalue weighted by molar-refractivity contribution is 0.466. The van der Waals surface area contributed by atoms with Crippen LogP contribution in [-0.4, -0.2) is 6.71 Å². The second-order valence-corrected chi connectivity index (χ2v) is 10.5. The molecule has 40 heavy (non-hydrogen) atoms. The second-order valence-electron chi connectivity index (χ2n) is 10.5. The van der Waals surface area contributed by atoms with Crippen LogP contribution in [0.1, 0.15) is 5.56 Å². The van der Waals surface area contributed by atoms with Gasteiger partial charge < -0.3 is 9.47 Å². The van der Waals surface area contributed by atoms with Crippen LogP contribution in [0.2, 0.25) is 0 Å². The molecule has 0 fully saturated rings. The summed E-state index contributed by atoms with van der Waals surface area (Å²) in [4.78, 5) is 0. The molecule has 2 nitrogen and oxygen atoms in total. The summed E-state index contributed by atoms with van der Waals surface area (Å²) < 4.78 is 13.4. The van der Waals surface area contributed by atoms with Crippen LogP contribution in [0.4, 0.5) is 0 Å². The summed E-state index contributed by atoms with van der Waals surface area (Å²) in [7, 11) is 0. The van der Waals surface area contributed by atoms with Crippen molar-refractivity contribution in [3.63, 3.8) is 0 Å². The van der Waals surface area contributed by atoms with Crippen molar-refractivity contribution in [2.24, 2.45) is 0 Å². The molecule has 0 saturated heterocycles. The number of hydrogen-bond donors (Lipinski definition) is 0. The molecule has 2 aliphatic rings. The van der Waals surface area contributed by atoms with Crippen LogP contribution in [0.5, 0.6) is 23.0 Å². The molecular weight excluding hydrogens is 487 g/mol. The van der Waals surface area contributed by atoms with Gasteiger partial charge in [-0.15, -0.1) is 0 Å². The molecule has 0 atom stereocenters. The Morgan fingerprint density at radius 2 is 1.10 bits per heavy atom. The van der Waals surface area contributed by atoms with E-state index >= 15 is 0 Å². The maximum Gasteiger partial charge on any atom is 0.260 e. The fourth-order valence-electron chi connectivity index (χ4n) is 6.20. The van der Waals surface area contributed by atoms with E-state index in [1.54, 1.807) is 0 Å². The molecule has 0 radical (unpaired) electrons. The third kappa shape index (κ3) is 3.59. The first-order chi connectivity index (χ1) is 19.7. The zero-order valence-electron chi connectivity index (χ0n) is 22.1. The number of ether oxygens (including phenoxy) is 2. The number of rotatable bonds is 3. The molecule has 8 rings (SSSR count). The van der Waals surface area contributed by atoms with Crippen molar-refractivity contribution < 1.29 is 9.47 Å². The Hall–Kier alpha value is -5.02. The number of benzene rings is 6. The van der Waals surface area contributed by atoms with Crippen molar-refractivity contribution in [1.29, 1.82) is 0 Å². The zero-order chi connectivity index (χ0) is 26.6. The normalized spacial score (nSPS) is 12.5. The van der Waals surface area contributed by atoms with Gasteiger partial charge in [0.25, 0.3) is 6.71 Å². The Balaban J connectivity index is 1.36. The predicted molar refractivity (Wildman–Crippen MR) is 165 cm³/mol. The van der Waals surface area contributed by atoms with E-state index < -0.39 is 0 Å². The van der Waals surface area contributed by atoms with Crippen molar-refractivity contribution in [1.82, 2.24) is 0 Å². The highest BCUT2D eigenvalue weighted by Gasteiger charge is 2.41. The van der Waals surface area contributed by atoms with Gasteiger partial charge in [-0.25, -0.2) is 0 Å². The van der Waals surface area contributed by atoms with Gasteiger partial charge in [0.05, 0.1) is 0 Å². The molecule has 6 aromatic rings. The van der Waals surface area contributed by atoms with Gasteiger partial charge in [0, 0.05) is 11.0 Å². The summed E-state index contributed by atoms with van der Waals surface area (Å²) in [6.07, 6.45) is 0. The third-order valence-electron chi connectivity index (χ3n) is 8.17. The highest BCUT2D eigenvalue weighted by molar-refractivity contribution is 6.98. The molecule has 0 unspecified atom stereocenters. The quantitative estimate of drug-likeness (QED) is 0.226. The summed E-state index contributed by atoms with van der Waals surface area (Å²) in [5, 5.41) is 0. The molecule has 3 heteroatoms. The molecule has 2 heterocycles. The Morgan fingerprint density at radius 1 is 0.450 bits per heavy atom. The zero-order valence-corrected chi connectivity index (χ0v) is 22.1. The fraction of sp³-hybridized carbons (Fsp3) is 0.0270. The van der Waals surface area contributed by atoms with Crippen LogP contribution in [0.3, 0.4) is 0 Å². The number of fused-ring (bicyclic) bond motifs is 4. The maximum atomic E-state index is 6.78. The van der Waals surface area contributed by atoms with Gasteiger partial charge in [0.15, 0.2) is 0 Å². The fourth-order valence-corrected chi connectivity index (χ4v) is 6.20. The van der Waals surface area contributed by atoms with Gasteiger partial charge in [0.2, 0.25) is 0 Å². The first-order valence-electron chi connectivity index (χ1n) is 13.7. The van der Waals surface area contributed by atoms with Crippen molar-refractivity contribution in [2.45, 2.75) is 6.92 Å². The van der Waals surface area contributed by atoms with E-state index in [0.29, 0.717) is 0 Å². The molecule has 0 aliphatic carbocycles. The highest BCUT2D eigenvalue weighted by Crippen LogP contribution is 2.42. The Labute approximate surface area is 234 Å². The van der Waals surface area contributed by atoms with Gasteiger partial charge in [-0.3, -0.25) is 0 Å². The minimum absolute atomic E-state index is 0.00467. The van der Waals surface area contributed by atoms with Gasteiger partial charge in [-0.2, -0.15) is 0 Å². The standard InChI is InChI=1S/C37H25BO2/c1-24-10-8-9-15-29(24)30-18-21-34-36-37(30)40-33-20-17-27(25-11-4-2-5-12-25)22-32(33)38(36)31-19-16-28(23-35(31)39-34)26-13-6-3-7-14-26/h2-23H,1H3. The monoisotopic (exact) mass is 512 g/mol. The molecule has 6 aromatic carbocycles. The van der Waals surface area contributed by atoms with Gasteiger partial charge >= 0.3 is 0 Å². The predicted octanol–water partition coefficient (Wildman–Crippen LogP) is 7.72. The minimum Gasteiger partial charge on any atom is -0.458 e. The van der Waals surface area contributed by atoms with Crippen molar-refractivity contribution >= 4 is 23.1 Å². The van der Waals surface area contributed by atoms with Crippen molar-refractivity contribution in [3.05, 3.63) is 139 Å². The summed E-state index contributed by atoms with van der Waals surface area (Å²) in [6, 6.07) is 47.0. The van der Waals surface area contributed by atoms with Gasteiger partial charge in [-0.05, 0) is 75.5 Å². The molecule has 0 spiro atoms. The Morgan fingerprint density at radius 3 is 1.85 bits per heavy atom. The van der Waals surface area contributed by atoms with Crippen molar-refractivity contribution in [3.8, 4) is 56.4 Å². The lowest BCUT2D eigenvalue weighted by Crippen LogP contribution is -2.57. The first kappa shape index (κ1) is 22.9. The lowest BCUT2D eigenvalue weighted by Gasteiger charge is -2.34. The Kier molecular flexibility index (Phi) is 5.18. The van der Waals surface area contributed by atoms with E-state index in [2.05, 4.69) is 134 Å². The summed E-state index contributed by atoms with van der Waals surface area (Å²) >= 11 is 0. The van der Waals surface area contributed by atoms with E-state index in [1.165, 1.54) is 27.8 Å². The van der Waals surface area contributed by atoms with Crippen LogP contribution in [0.15, 0.2) is 133 Å². The summed E-state index contributed by atoms with van der Waals surface area (Å²) in [6.45, 7) is 2.15. The van der Waals surface area contributed by atoms with Crippen molar-refractivity contribution in [2.75, 3.05) is 0 Å². The highest BCUT2D eigenvalue weighted by atomic mass is 16.5. The van der Waals surface area contributed by atoms with Crippen LogP contribution < -0.4 is 25.9 Å². The molecule has 0 bridgehead atoms. The van der Waals surface area contributed by atoms with Crippen LogP contribution >= 0.6 is 0 Å². The summed E-state index contributed by atoms with van der Waals surface area (Å²) in [5.74, 6) is 3.52. The molecule has 0 amide bonds. The number of aryl methyl sites for hydroxylation is 1. The van der Waals surface area contributed by atoms with E-state index in [1.807, 2.05) is 6.07 Å². The maximum absolute atomic E-state index is 6.78. The average molecular weight is 512 g/mol. The SMILES string of the molecule is Cc1ccccc1-c1ccc2c3c1Oc1ccc(-c4ccccc4)cc1B3c1ccc(-c3ccccc3)cc1O2. The Bertz CT molecular complexity index is 1910.